The SMILES string of the molecule is C[C@@H](C(=O)NCCOc1ccc(C(C)(C)C)cc1)N(c1ccc(F)cc1)S(C)(=O)=O. The number of nitrogens with zero attached hydrogens (tertiary/aromatic N) is 1. The van der Waals surface area contributed by atoms with Crippen LogP contribution in [0.2, 0.25) is 0 Å². The Morgan fingerprint density at radius 2 is 1.67 bits per heavy atom. The van der Waals surface area contributed by atoms with Gasteiger partial charge in [0.15, 0.2) is 0 Å². The van der Waals surface area contributed by atoms with Crippen LogP contribution in [0.5, 0.6) is 5.75 Å². The molecule has 2 aromatic rings. The van der Waals surface area contributed by atoms with Gasteiger partial charge in [0.25, 0.3) is 0 Å². The first-order valence-corrected chi connectivity index (χ1v) is 11.5. The molecular weight excluding hydrogens is 407 g/mol. The molecule has 6 nitrogen and oxygen atoms in total. The first-order chi connectivity index (χ1) is 13.9. The zero-order chi connectivity index (χ0) is 22.5. The van der Waals surface area contributed by atoms with E-state index in [-0.39, 0.29) is 24.3 Å². The number of amides is 1. The first-order valence-electron chi connectivity index (χ1n) is 9.65. The summed E-state index contributed by atoms with van der Waals surface area (Å²) in [6.45, 7) is 8.32. The third-order valence-corrected chi connectivity index (χ3v) is 5.80. The summed E-state index contributed by atoms with van der Waals surface area (Å²) in [5.41, 5.74) is 1.47. The van der Waals surface area contributed by atoms with Crippen molar-refractivity contribution < 1.29 is 22.3 Å². The molecule has 0 bridgehead atoms. The number of hydrogen-bond donors (Lipinski definition) is 1. The second-order valence-corrected chi connectivity index (χ2v) is 9.98. The van der Waals surface area contributed by atoms with Gasteiger partial charge in [-0.25, -0.2) is 12.8 Å². The number of benzene rings is 2. The Bertz CT molecular complexity index is 952. The van der Waals surface area contributed by atoms with Crippen LogP contribution in [0.3, 0.4) is 0 Å². The van der Waals surface area contributed by atoms with Crippen molar-refractivity contribution >= 4 is 21.6 Å². The van der Waals surface area contributed by atoms with E-state index in [0.29, 0.717) is 5.75 Å². The van der Waals surface area contributed by atoms with Crippen LogP contribution in [0.15, 0.2) is 48.5 Å². The van der Waals surface area contributed by atoms with Crippen molar-refractivity contribution in [1.82, 2.24) is 5.32 Å². The van der Waals surface area contributed by atoms with Gasteiger partial charge in [-0.15, -0.1) is 0 Å². The zero-order valence-electron chi connectivity index (χ0n) is 18.0. The third kappa shape index (κ3) is 6.45. The number of hydrogen-bond acceptors (Lipinski definition) is 4. The zero-order valence-corrected chi connectivity index (χ0v) is 18.8. The monoisotopic (exact) mass is 436 g/mol. The van der Waals surface area contributed by atoms with Crippen LogP contribution in [0.25, 0.3) is 0 Å². The van der Waals surface area contributed by atoms with Gasteiger partial charge in [0.05, 0.1) is 18.5 Å². The molecule has 0 heterocycles. The maximum Gasteiger partial charge on any atom is 0.243 e. The molecule has 0 saturated carbocycles. The number of ether oxygens (including phenoxy) is 1. The van der Waals surface area contributed by atoms with Crippen molar-refractivity contribution in [3.63, 3.8) is 0 Å². The quantitative estimate of drug-likeness (QED) is 0.643. The molecule has 0 spiro atoms. The summed E-state index contributed by atoms with van der Waals surface area (Å²) in [5.74, 6) is -0.275. The average molecular weight is 437 g/mol. The molecular formula is C22H29FN2O4S. The molecule has 2 rings (SSSR count). The molecule has 1 N–H and O–H groups in total. The Kier molecular flexibility index (Phi) is 7.47. The van der Waals surface area contributed by atoms with Crippen molar-refractivity contribution in [2.24, 2.45) is 0 Å². The van der Waals surface area contributed by atoms with Crippen molar-refractivity contribution in [3.05, 3.63) is 59.9 Å². The van der Waals surface area contributed by atoms with E-state index < -0.39 is 27.8 Å². The Morgan fingerprint density at radius 1 is 1.10 bits per heavy atom. The Balaban J connectivity index is 1.93. The molecule has 0 saturated heterocycles. The summed E-state index contributed by atoms with van der Waals surface area (Å²) < 4.78 is 44.2. The topological polar surface area (TPSA) is 75.7 Å². The lowest BCUT2D eigenvalue weighted by Gasteiger charge is -2.28. The van der Waals surface area contributed by atoms with Gasteiger partial charge < -0.3 is 10.1 Å². The van der Waals surface area contributed by atoms with E-state index in [2.05, 4.69) is 26.1 Å². The number of nitrogens with one attached hydrogen (secondary N) is 1. The highest BCUT2D eigenvalue weighted by Crippen LogP contribution is 2.24. The normalized spacial score (nSPS) is 12.9. The maximum atomic E-state index is 13.2. The molecule has 0 fully saturated rings. The molecule has 2 aromatic carbocycles. The molecule has 0 radical (unpaired) electrons. The van der Waals surface area contributed by atoms with Gasteiger partial charge >= 0.3 is 0 Å². The smallest absolute Gasteiger partial charge is 0.243 e. The molecule has 0 aliphatic heterocycles. The maximum absolute atomic E-state index is 13.2. The molecule has 0 aliphatic rings. The van der Waals surface area contributed by atoms with Crippen LogP contribution in [0.4, 0.5) is 10.1 Å². The number of carbonyl (C=O) groups is 1. The largest absolute Gasteiger partial charge is 0.492 e. The Hall–Kier alpha value is -2.61. The summed E-state index contributed by atoms with van der Waals surface area (Å²) >= 11 is 0. The van der Waals surface area contributed by atoms with Crippen LogP contribution in [-0.2, 0) is 20.2 Å². The number of rotatable bonds is 8. The lowest BCUT2D eigenvalue weighted by molar-refractivity contribution is -0.121. The van der Waals surface area contributed by atoms with E-state index in [1.165, 1.54) is 24.6 Å². The third-order valence-electron chi connectivity index (χ3n) is 4.56. The van der Waals surface area contributed by atoms with Crippen LogP contribution < -0.4 is 14.4 Å². The van der Waals surface area contributed by atoms with Crippen LogP contribution in [-0.4, -0.2) is 39.8 Å². The second kappa shape index (κ2) is 9.47. The average Bonchev–Trinajstić information content (AvgIpc) is 2.65. The van der Waals surface area contributed by atoms with Crippen molar-refractivity contribution in [2.75, 3.05) is 23.7 Å². The standard InChI is InChI=1S/C22H29FN2O4S/c1-16(25(30(5,27)28)19-10-8-18(23)9-11-19)21(26)24-14-15-29-20-12-6-17(7-13-20)22(2,3)4/h6-13,16H,14-15H2,1-5H3,(H,24,26)/t16-/m0/s1. The van der Waals surface area contributed by atoms with E-state index in [1.54, 1.807) is 0 Å². The molecule has 1 amide bonds. The van der Waals surface area contributed by atoms with Crippen molar-refractivity contribution in [3.8, 4) is 5.75 Å². The number of anilines is 1. The minimum absolute atomic E-state index is 0.0542. The van der Waals surface area contributed by atoms with Gasteiger partial charge in [-0.2, -0.15) is 0 Å². The van der Waals surface area contributed by atoms with E-state index >= 15 is 0 Å². The van der Waals surface area contributed by atoms with E-state index in [1.807, 2.05) is 24.3 Å². The summed E-state index contributed by atoms with van der Waals surface area (Å²) in [4.78, 5) is 12.5. The lowest BCUT2D eigenvalue weighted by atomic mass is 9.87. The lowest BCUT2D eigenvalue weighted by Crippen LogP contribution is -2.48. The predicted molar refractivity (Wildman–Crippen MR) is 117 cm³/mol. The number of carbonyl (C=O) groups excluding carboxylic acids is 1. The molecule has 30 heavy (non-hydrogen) atoms. The minimum atomic E-state index is -3.75. The summed E-state index contributed by atoms with van der Waals surface area (Å²) in [6, 6.07) is 11.7. The number of halogens is 1. The number of sulfonamides is 1. The molecule has 8 heteroatoms. The van der Waals surface area contributed by atoms with E-state index in [9.17, 15) is 17.6 Å². The molecule has 0 unspecified atom stereocenters. The first kappa shape index (κ1) is 23.7. The summed E-state index contributed by atoms with van der Waals surface area (Å²) in [6.07, 6.45) is 1.00. The van der Waals surface area contributed by atoms with E-state index in [4.69, 9.17) is 4.74 Å². The highest BCUT2D eigenvalue weighted by molar-refractivity contribution is 7.92. The summed E-state index contributed by atoms with van der Waals surface area (Å²) in [5, 5.41) is 2.68. The fraction of sp³-hybridized carbons (Fsp3) is 0.409. The second-order valence-electron chi connectivity index (χ2n) is 8.13. The fourth-order valence-corrected chi connectivity index (χ4v) is 4.11. The van der Waals surface area contributed by atoms with Gasteiger partial charge in [0.1, 0.15) is 24.2 Å². The fourth-order valence-electron chi connectivity index (χ4n) is 2.94. The molecule has 1 atom stereocenters. The van der Waals surface area contributed by atoms with Gasteiger partial charge in [0.2, 0.25) is 15.9 Å². The Morgan fingerprint density at radius 3 is 2.17 bits per heavy atom. The Labute approximate surface area is 178 Å². The highest BCUT2D eigenvalue weighted by atomic mass is 32.2. The van der Waals surface area contributed by atoms with Crippen LogP contribution in [0.1, 0.15) is 33.3 Å². The van der Waals surface area contributed by atoms with Crippen molar-refractivity contribution in [1.29, 1.82) is 0 Å². The highest BCUT2D eigenvalue weighted by Gasteiger charge is 2.28. The molecule has 164 valence electrons. The predicted octanol–water partition coefficient (Wildman–Crippen LogP) is 3.47. The minimum Gasteiger partial charge on any atom is -0.492 e. The van der Waals surface area contributed by atoms with Crippen LogP contribution in [0, 0.1) is 5.82 Å². The van der Waals surface area contributed by atoms with E-state index in [0.717, 1.165) is 22.7 Å². The van der Waals surface area contributed by atoms with Gasteiger partial charge in [-0.3, -0.25) is 9.10 Å². The molecule has 0 aliphatic carbocycles. The summed E-state index contributed by atoms with van der Waals surface area (Å²) in [7, 11) is -3.75. The van der Waals surface area contributed by atoms with Crippen LogP contribution >= 0.6 is 0 Å². The van der Waals surface area contributed by atoms with Gasteiger partial charge in [0, 0.05) is 0 Å². The van der Waals surface area contributed by atoms with Crippen molar-refractivity contribution in [2.45, 2.75) is 39.2 Å². The molecule has 0 aromatic heterocycles. The van der Waals surface area contributed by atoms with Gasteiger partial charge in [-0.1, -0.05) is 32.9 Å². The van der Waals surface area contributed by atoms with Gasteiger partial charge in [-0.05, 0) is 54.3 Å².